The molecule has 0 aromatic carbocycles. The van der Waals surface area contributed by atoms with Crippen molar-refractivity contribution in [3.05, 3.63) is 34.7 Å². The van der Waals surface area contributed by atoms with Crippen LogP contribution in [0.4, 0.5) is 0 Å². The SMILES string of the molecule is SCc1cn2ccc(Br)cc2n1. The van der Waals surface area contributed by atoms with Crippen LogP contribution in [0.3, 0.4) is 0 Å². The average Bonchev–Trinajstić information content (AvgIpc) is 2.46. The number of hydrogen-bond acceptors (Lipinski definition) is 2. The monoisotopic (exact) mass is 242 g/mol. The van der Waals surface area contributed by atoms with Crippen LogP contribution in [0.1, 0.15) is 5.69 Å². The number of aromatic nitrogens is 2. The van der Waals surface area contributed by atoms with Crippen LogP contribution in [-0.4, -0.2) is 9.38 Å². The van der Waals surface area contributed by atoms with Crippen molar-refractivity contribution in [2.24, 2.45) is 0 Å². The Kier molecular flexibility index (Phi) is 2.11. The van der Waals surface area contributed by atoms with Gasteiger partial charge in [0.1, 0.15) is 5.65 Å². The first kappa shape index (κ1) is 8.13. The highest BCUT2D eigenvalue weighted by molar-refractivity contribution is 9.10. The fourth-order valence-electron chi connectivity index (χ4n) is 1.09. The minimum atomic E-state index is 0.680. The standard InChI is InChI=1S/C8H7BrN2S/c9-6-1-2-11-4-7(5-12)10-8(11)3-6/h1-4,12H,5H2. The van der Waals surface area contributed by atoms with E-state index >= 15 is 0 Å². The Labute approximate surface area is 84.2 Å². The van der Waals surface area contributed by atoms with Crippen LogP contribution in [0.25, 0.3) is 5.65 Å². The molecule has 0 saturated heterocycles. The zero-order chi connectivity index (χ0) is 8.55. The van der Waals surface area contributed by atoms with Crippen molar-refractivity contribution in [1.82, 2.24) is 9.38 Å². The normalized spacial score (nSPS) is 10.8. The molecule has 2 aromatic rings. The Hall–Kier alpha value is -0.480. The summed E-state index contributed by atoms with van der Waals surface area (Å²) in [6.07, 6.45) is 3.95. The lowest BCUT2D eigenvalue weighted by Gasteiger charge is -1.91. The molecule has 0 atom stereocenters. The minimum Gasteiger partial charge on any atom is -0.307 e. The van der Waals surface area contributed by atoms with E-state index in [1.54, 1.807) is 0 Å². The summed E-state index contributed by atoms with van der Waals surface area (Å²) in [6, 6.07) is 3.96. The molecule has 0 unspecified atom stereocenters. The highest BCUT2D eigenvalue weighted by Gasteiger charge is 1.98. The maximum absolute atomic E-state index is 4.35. The van der Waals surface area contributed by atoms with Gasteiger partial charge in [0.15, 0.2) is 0 Å². The highest BCUT2D eigenvalue weighted by atomic mass is 79.9. The second-order valence-electron chi connectivity index (χ2n) is 2.50. The molecule has 2 heterocycles. The van der Waals surface area contributed by atoms with Crippen molar-refractivity contribution >= 4 is 34.2 Å². The molecule has 2 nitrogen and oxygen atoms in total. The molecule has 0 radical (unpaired) electrons. The van der Waals surface area contributed by atoms with Gasteiger partial charge in [-0.25, -0.2) is 4.98 Å². The van der Waals surface area contributed by atoms with E-state index in [-0.39, 0.29) is 0 Å². The number of pyridine rings is 1. The summed E-state index contributed by atoms with van der Waals surface area (Å²) in [5.74, 6) is 0.680. The maximum atomic E-state index is 4.35. The van der Waals surface area contributed by atoms with Gasteiger partial charge in [-0.15, -0.1) is 0 Å². The predicted octanol–water partition coefficient (Wildman–Crippen LogP) is 2.53. The lowest BCUT2D eigenvalue weighted by molar-refractivity contribution is 1.18. The maximum Gasteiger partial charge on any atom is 0.138 e. The molecule has 0 bridgehead atoms. The highest BCUT2D eigenvalue weighted by Crippen LogP contribution is 2.13. The lowest BCUT2D eigenvalue weighted by Crippen LogP contribution is -1.79. The van der Waals surface area contributed by atoms with Gasteiger partial charge in [-0.1, -0.05) is 15.9 Å². The second kappa shape index (κ2) is 3.11. The molecule has 0 fully saturated rings. The van der Waals surface area contributed by atoms with Gasteiger partial charge in [-0.3, -0.25) is 0 Å². The molecule has 2 rings (SSSR count). The zero-order valence-corrected chi connectivity index (χ0v) is 8.72. The summed E-state index contributed by atoms with van der Waals surface area (Å²) < 4.78 is 3.03. The molecule has 0 aliphatic carbocycles. The van der Waals surface area contributed by atoms with E-state index in [0.29, 0.717) is 5.75 Å². The van der Waals surface area contributed by atoms with E-state index < -0.39 is 0 Å². The van der Waals surface area contributed by atoms with Gasteiger partial charge in [0.05, 0.1) is 5.69 Å². The largest absolute Gasteiger partial charge is 0.307 e. The molecule has 0 saturated carbocycles. The van der Waals surface area contributed by atoms with Gasteiger partial charge in [-0.05, 0) is 12.1 Å². The second-order valence-corrected chi connectivity index (χ2v) is 3.73. The average molecular weight is 243 g/mol. The molecule has 62 valence electrons. The van der Waals surface area contributed by atoms with Crippen molar-refractivity contribution < 1.29 is 0 Å². The number of thiol groups is 1. The molecule has 0 aliphatic rings. The third-order valence-electron chi connectivity index (χ3n) is 1.63. The predicted molar refractivity (Wildman–Crippen MR) is 55.6 cm³/mol. The van der Waals surface area contributed by atoms with Crippen molar-refractivity contribution in [3.8, 4) is 0 Å². The first-order chi connectivity index (χ1) is 5.79. The molecular weight excluding hydrogens is 236 g/mol. The fourth-order valence-corrected chi connectivity index (χ4v) is 1.56. The third kappa shape index (κ3) is 1.36. The van der Waals surface area contributed by atoms with Crippen LogP contribution in [-0.2, 0) is 5.75 Å². The summed E-state index contributed by atoms with van der Waals surface area (Å²) in [7, 11) is 0. The van der Waals surface area contributed by atoms with Crippen molar-refractivity contribution in [3.63, 3.8) is 0 Å². The van der Waals surface area contributed by atoms with E-state index in [0.717, 1.165) is 15.8 Å². The summed E-state index contributed by atoms with van der Waals surface area (Å²) in [5, 5.41) is 0. The number of fused-ring (bicyclic) bond motifs is 1. The molecule has 2 aromatic heterocycles. The number of nitrogens with zero attached hydrogens (tertiary/aromatic N) is 2. The Morgan fingerprint density at radius 1 is 1.58 bits per heavy atom. The van der Waals surface area contributed by atoms with E-state index in [9.17, 15) is 0 Å². The number of hydrogen-bond donors (Lipinski definition) is 1. The molecule has 4 heteroatoms. The molecule has 0 N–H and O–H groups in total. The zero-order valence-electron chi connectivity index (χ0n) is 6.24. The van der Waals surface area contributed by atoms with Crippen LogP contribution in [0.5, 0.6) is 0 Å². The topological polar surface area (TPSA) is 17.3 Å². The van der Waals surface area contributed by atoms with Crippen LogP contribution < -0.4 is 0 Å². The molecule has 0 amide bonds. The van der Waals surface area contributed by atoms with Crippen molar-refractivity contribution in [2.45, 2.75) is 5.75 Å². The van der Waals surface area contributed by atoms with Crippen molar-refractivity contribution in [1.29, 1.82) is 0 Å². The summed E-state index contributed by atoms with van der Waals surface area (Å²) >= 11 is 7.55. The smallest absolute Gasteiger partial charge is 0.138 e. The number of rotatable bonds is 1. The Morgan fingerprint density at radius 2 is 2.42 bits per heavy atom. The molecule has 0 spiro atoms. The van der Waals surface area contributed by atoms with E-state index in [2.05, 4.69) is 33.5 Å². The quantitative estimate of drug-likeness (QED) is 0.762. The van der Waals surface area contributed by atoms with Gasteiger partial charge in [-0.2, -0.15) is 12.6 Å². The first-order valence-electron chi connectivity index (χ1n) is 3.53. The Morgan fingerprint density at radius 3 is 3.17 bits per heavy atom. The van der Waals surface area contributed by atoms with Gasteiger partial charge < -0.3 is 4.40 Å². The molecule has 0 aliphatic heterocycles. The van der Waals surface area contributed by atoms with Gasteiger partial charge in [0, 0.05) is 22.6 Å². The molecular formula is C8H7BrN2S. The van der Waals surface area contributed by atoms with Crippen LogP contribution in [0.15, 0.2) is 29.0 Å². The van der Waals surface area contributed by atoms with Crippen LogP contribution in [0.2, 0.25) is 0 Å². The van der Waals surface area contributed by atoms with Crippen LogP contribution in [0, 0.1) is 0 Å². The van der Waals surface area contributed by atoms with Crippen molar-refractivity contribution in [2.75, 3.05) is 0 Å². The fraction of sp³-hybridized carbons (Fsp3) is 0.125. The summed E-state index contributed by atoms with van der Waals surface area (Å²) in [6.45, 7) is 0. The number of imidazole rings is 1. The summed E-state index contributed by atoms with van der Waals surface area (Å²) in [5.41, 5.74) is 1.95. The van der Waals surface area contributed by atoms with Gasteiger partial charge in [0.25, 0.3) is 0 Å². The Balaban J connectivity index is 2.67. The van der Waals surface area contributed by atoms with Gasteiger partial charge >= 0.3 is 0 Å². The Bertz CT molecular complexity index is 410. The summed E-state index contributed by atoms with van der Waals surface area (Å²) in [4.78, 5) is 4.35. The number of halogens is 1. The van der Waals surface area contributed by atoms with Crippen LogP contribution >= 0.6 is 28.6 Å². The van der Waals surface area contributed by atoms with E-state index in [1.165, 1.54) is 0 Å². The van der Waals surface area contributed by atoms with Gasteiger partial charge in [0.2, 0.25) is 0 Å². The lowest BCUT2D eigenvalue weighted by atomic mass is 10.5. The molecule has 12 heavy (non-hydrogen) atoms. The van der Waals surface area contributed by atoms with E-state index in [1.807, 2.05) is 28.9 Å². The minimum absolute atomic E-state index is 0.680. The third-order valence-corrected chi connectivity index (χ3v) is 2.45. The first-order valence-corrected chi connectivity index (χ1v) is 4.96. The van der Waals surface area contributed by atoms with E-state index in [4.69, 9.17) is 0 Å².